The molecule has 0 aliphatic heterocycles. The molecule has 0 aliphatic carbocycles. The molecular formula is C12H13N5O. The molecular weight excluding hydrogens is 230 g/mol. The summed E-state index contributed by atoms with van der Waals surface area (Å²) in [5.74, 6) is 0.961. The van der Waals surface area contributed by atoms with Crippen molar-refractivity contribution < 1.29 is 4.42 Å². The summed E-state index contributed by atoms with van der Waals surface area (Å²) in [6.45, 7) is 3.76. The van der Waals surface area contributed by atoms with Crippen LogP contribution in [0.15, 0.2) is 22.7 Å². The highest BCUT2D eigenvalue weighted by Crippen LogP contribution is 2.15. The van der Waals surface area contributed by atoms with Gasteiger partial charge in [0.15, 0.2) is 0 Å². The third kappa shape index (κ3) is 2.90. The fourth-order valence-corrected chi connectivity index (χ4v) is 1.42. The van der Waals surface area contributed by atoms with Crippen LogP contribution in [0.1, 0.15) is 18.4 Å². The zero-order valence-electron chi connectivity index (χ0n) is 10.1. The summed E-state index contributed by atoms with van der Waals surface area (Å²) in [7, 11) is 0. The second-order valence-electron chi connectivity index (χ2n) is 3.65. The average Bonchev–Trinajstić information content (AvgIpc) is 2.88. The highest BCUT2D eigenvalue weighted by atomic mass is 16.4. The van der Waals surface area contributed by atoms with E-state index in [1.807, 2.05) is 13.0 Å². The molecule has 0 radical (unpaired) electrons. The fraction of sp³-hybridized carbons (Fsp3) is 0.333. The summed E-state index contributed by atoms with van der Waals surface area (Å²) in [4.78, 5) is 4.10. The number of aromatic nitrogens is 3. The first-order chi connectivity index (χ1) is 8.83. The van der Waals surface area contributed by atoms with Crippen molar-refractivity contribution in [1.29, 1.82) is 5.26 Å². The zero-order valence-corrected chi connectivity index (χ0v) is 10.1. The van der Waals surface area contributed by atoms with Gasteiger partial charge in [0.1, 0.15) is 11.8 Å². The van der Waals surface area contributed by atoms with Crippen molar-refractivity contribution in [2.24, 2.45) is 0 Å². The van der Waals surface area contributed by atoms with Gasteiger partial charge in [0.25, 0.3) is 5.89 Å². The molecule has 0 aliphatic rings. The Kier molecular flexibility index (Phi) is 3.99. The summed E-state index contributed by atoms with van der Waals surface area (Å²) >= 11 is 0. The normalized spacial score (nSPS) is 10.2. The first kappa shape index (κ1) is 12.2. The van der Waals surface area contributed by atoms with Crippen LogP contribution in [0.2, 0.25) is 0 Å². The molecule has 0 atom stereocenters. The van der Waals surface area contributed by atoms with E-state index in [1.54, 1.807) is 12.1 Å². The SMILES string of the molecule is CCNCCc1nnc(-c2ccc(C#N)cn2)o1. The molecule has 2 aromatic heterocycles. The Labute approximate surface area is 105 Å². The molecule has 0 fully saturated rings. The molecule has 0 unspecified atom stereocenters. The van der Waals surface area contributed by atoms with E-state index in [4.69, 9.17) is 9.68 Å². The number of likely N-dealkylation sites (N-methyl/N-ethyl adjacent to an activating group) is 1. The minimum atomic E-state index is 0.381. The van der Waals surface area contributed by atoms with E-state index in [0.29, 0.717) is 29.5 Å². The largest absolute Gasteiger partial charge is 0.419 e. The first-order valence-corrected chi connectivity index (χ1v) is 5.73. The highest BCUT2D eigenvalue weighted by molar-refractivity contribution is 5.47. The van der Waals surface area contributed by atoms with Crippen molar-refractivity contribution >= 4 is 0 Å². The standard InChI is InChI=1S/C12H13N5O/c1-2-14-6-5-11-16-17-12(18-11)10-4-3-9(7-13)8-15-10/h3-4,8,14H,2,5-6H2,1H3. The maximum atomic E-state index is 8.68. The maximum absolute atomic E-state index is 8.68. The second-order valence-corrected chi connectivity index (χ2v) is 3.65. The van der Waals surface area contributed by atoms with E-state index in [-0.39, 0.29) is 0 Å². The molecule has 0 bridgehead atoms. The van der Waals surface area contributed by atoms with Gasteiger partial charge in [-0.3, -0.25) is 0 Å². The quantitative estimate of drug-likeness (QED) is 0.793. The van der Waals surface area contributed by atoms with Crippen molar-refractivity contribution in [3.63, 3.8) is 0 Å². The van der Waals surface area contributed by atoms with Gasteiger partial charge in [-0.2, -0.15) is 5.26 Å². The van der Waals surface area contributed by atoms with E-state index in [1.165, 1.54) is 6.20 Å². The zero-order chi connectivity index (χ0) is 12.8. The third-order valence-corrected chi connectivity index (χ3v) is 2.34. The van der Waals surface area contributed by atoms with Gasteiger partial charge in [-0.05, 0) is 18.7 Å². The van der Waals surface area contributed by atoms with Gasteiger partial charge in [-0.15, -0.1) is 10.2 Å². The molecule has 0 saturated heterocycles. The van der Waals surface area contributed by atoms with Crippen LogP contribution in [0, 0.1) is 11.3 Å². The Morgan fingerprint density at radius 3 is 2.94 bits per heavy atom. The van der Waals surface area contributed by atoms with Crippen LogP contribution in [-0.2, 0) is 6.42 Å². The van der Waals surface area contributed by atoms with Gasteiger partial charge in [0.2, 0.25) is 5.89 Å². The lowest BCUT2D eigenvalue weighted by atomic mass is 10.3. The molecule has 92 valence electrons. The van der Waals surface area contributed by atoms with E-state index in [0.717, 1.165) is 13.1 Å². The second kappa shape index (κ2) is 5.89. The summed E-state index contributed by atoms with van der Waals surface area (Å²) in [5, 5.41) is 19.7. The lowest BCUT2D eigenvalue weighted by Gasteiger charge is -1.96. The van der Waals surface area contributed by atoms with Crippen molar-refractivity contribution in [2.75, 3.05) is 13.1 Å². The number of rotatable bonds is 5. The van der Waals surface area contributed by atoms with Crippen molar-refractivity contribution in [3.05, 3.63) is 29.8 Å². The number of nitrogens with zero attached hydrogens (tertiary/aromatic N) is 4. The highest BCUT2D eigenvalue weighted by Gasteiger charge is 2.09. The van der Waals surface area contributed by atoms with Crippen LogP contribution < -0.4 is 5.32 Å². The van der Waals surface area contributed by atoms with E-state index in [9.17, 15) is 0 Å². The Balaban J connectivity index is 2.06. The van der Waals surface area contributed by atoms with Gasteiger partial charge < -0.3 is 9.73 Å². The lowest BCUT2D eigenvalue weighted by molar-refractivity contribution is 0.495. The molecule has 6 nitrogen and oxygen atoms in total. The molecule has 6 heteroatoms. The molecule has 1 N–H and O–H groups in total. The molecule has 0 spiro atoms. The number of hydrogen-bond acceptors (Lipinski definition) is 6. The monoisotopic (exact) mass is 243 g/mol. The molecule has 0 saturated carbocycles. The van der Waals surface area contributed by atoms with Gasteiger partial charge in [0, 0.05) is 19.2 Å². The van der Waals surface area contributed by atoms with Crippen molar-refractivity contribution in [3.8, 4) is 17.7 Å². The Morgan fingerprint density at radius 2 is 2.28 bits per heavy atom. The maximum Gasteiger partial charge on any atom is 0.266 e. The molecule has 18 heavy (non-hydrogen) atoms. The Bertz CT molecular complexity index is 540. The van der Waals surface area contributed by atoms with Gasteiger partial charge >= 0.3 is 0 Å². The van der Waals surface area contributed by atoms with Crippen molar-refractivity contribution in [1.82, 2.24) is 20.5 Å². The third-order valence-electron chi connectivity index (χ3n) is 2.34. The Hall–Kier alpha value is -2.26. The number of hydrogen-bond donors (Lipinski definition) is 1. The number of pyridine rings is 1. The summed E-state index contributed by atoms with van der Waals surface area (Å²) in [6, 6.07) is 5.37. The Morgan fingerprint density at radius 1 is 1.39 bits per heavy atom. The predicted molar refractivity (Wildman–Crippen MR) is 64.5 cm³/mol. The van der Waals surface area contributed by atoms with Crippen LogP contribution in [-0.4, -0.2) is 28.3 Å². The molecule has 0 amide bonds. The summed E-state index contributed by atoms with van der Waals surface area (Å²) in [5.41, 5.74) is 1.09. The molecule has 2 aromatic rings. The van der Waals surface area contributed by atoms with E-state index in [2.05, 4.69) is 20.5 Å². The molecule has 0 aromatic carbocycles. The van der Waals surface area contributed by atoms with Crippen LogP contribution in [0.5, 0.6) is 0 Å². The van der Waals surface area contributed by atoms with E-state index < -0.39 is 0 Å². The predicted octanol–water partition coefficient (Wildman–Crippen LogP) is 1.16. The topological polar surface area (TPSA) is 87.6 Å². The smallest absolute Gasteiger partial charge is 0.266 e. The van der Waals surface area contributed by atoms with Gasteiger partial charge in [-0.1, -0.05) is 6.92 Å². The minimum absolute atomic E-state index is 0.381. The summed E-state index contributed by atoms with van der Waals surface area (Å²) < 4.78 is 5.48. The van der Waals surface area contributed by atoms with Gasteiger partial charge in [-0.25, -0.2) is 4.98 Å². The minimum Gasteiger partial charge on any atom is -0.419 e. The molecule has 2 heterocycles. The van der Waals surface area contributed by atoms with E-state index >= 15 is 0 Å². The first-order valence-electron chi connectivity index (χ1n) is 5.73. The van der Waals surface area contributed by atoms with Crippen LogP contribution >= 0.6 is 0 Å². The molecule has 2 rings (SSSR count). The number of nitrogens with one attached hydrogen (secondary N) is 1. The van der Waals surface area contributed by atoms with Crippen LogP contribution in [0.4, 0.5) is 0 Å². The average molecular weight is 243 g/mol. The number of nitriles is 1. The van der Waals surface area contributed by atoms with Crippen LogP contribution in [0.25, 0.3) is 11.6 Å². The van der Waals surface area contributed by atoms with Crippen molar-refractivity contribution in [2.45, 2.75) is 13.3 Å². The van der Waals surface area contributed by atoms with Gasteiger partial charge in [0.05, 0.1) is 5.56 Å². The fourth-order valence-electron chi connectivity index (χ4n) is 1.42. The summed E-state index contributed by atoms with van der Waals surface area (Å²) in [6.07, 6.45) is 2.18. The van der Waals surface area contributed by atoms with Crippen LogP contribution in [0.3, 0.4) is 0 Å². The lowest BCUT2D eigenvalue weighted by Crippen LogP contribution is -2.16.